The van der Waals surface area contributed by atoms with E-state index in [0.717, 1.165) is 19.3 Å². The predicted molar refractivity (Wildman–Crippen MR) is 113 cm³/mol. The highest BCUT2D eigenvalue weighted by Gasteiger charge is 2.29. The van der Waals surface area contributed by atoms with Crippen LogP contribution in [0.1, 0.15) is 19.3 Å². The number of nitrogens with one attached hydrogen (secondary N) is 1. The van der Waals surface area contributed by atoms with E-state index < -0.39 is 16.1 Å². The first-order chi connectivity index (χ1) is 13.8. The molecule has 3 rings (SSSR count). The van der Waals surface area contributed by atoms with E-state index in [-0.39, 0.29) is 23.4 Å². The van der Waals surface area contributed by atoms with Crippen LogP contribution in [0.3, 0.4) is 0 Å². The van der Waals surface area contributed by atoms with Gasteiger partial charge in [0.1, 0.15) is 0 Å². The summed E-state index contributed by atoms with van der Waals surface area (Å²) in [6, 6.07) is 15.0. The Morgan fingerprint density at radius 1 is 1.10 bits per heavy atom. The number of amides is 1. The first-order valence-electron chi connectivity index (χ1n) is 9.61. The molecule has 1 aliphatic carbocycles. The number of anilines is 2. The summed E-state index contributed by atoms with van der Waals surface area (Å²) in [4.78, 5) is 14.4. The highest BCUT2D eigenvalue weighted by Crippen LogP contribution is 2.25. The number of benzene rings is 2. The number of sulfonamides is 1. The summed E-state index contributed by atoms with van der Waals surface area (Å²) in [6.45, 7) is 0.128. The average molecular weight is 418 g/mol. The van der Waals surface area contributed by atoms with Gasteiger partial charge in [0.05, 0.1) is 23.2 Å². The molecule has 156 valence electrons. The molecular weight excluding hydrogens is 390 g/mol. The Bertz CT molecular complexity index is 949. The molecule has 0 saturated heterocycles. The zero-order valence-electron chi connectivity index (χ0n) is 16.7. The Morgan fingerprint density at radius 2 is 1.83 bits per heavy atom. The third kappa shape index (κ3) is 4.95. The van der Waals surface area contributed by atoms with Crippen molar-refractivity contribution >= 4 is 27.3 Å². The zero-order valence-corrected chi connectivity index (χ0v) is 17.5. The fraction of sp³-hybridized carbons (Fsp3) is 0.381. The number of nitrogens with zero attached hydrogens (tertiary/aromatic N) is 2. The lowest BCUT2D eigenvalue weighted by molar-refractivity contribution is -0.117. The maximum Gasteiger partial charge on any atom is 0.264 e. The smallest absolute Gasteiger partial charge is 0.264 e. The molecule has 1 amide bonds. The zero-order chi connectivity index (χ0) is 21.0. The number of hydrogen-bond donors (Lipinski definition) is 2. The number of hydrogen-bond acceptors (Lipinski definition) is 5. The van der Waals surface area contributed by atoms with Gasteiger partial charge in [-0.15, -0.1) is 0 Å². The molecule has 0 bridgehead atoms. The van der Waals surface area contributed by atoms with Gasteiger partial charge in [-0.2, -0.15) is 0 Å². The summed E-state index contributed by atoms with van der Waals surface area (Å²) in [5, 5.41) is 12.7. The molecule has 7 nitrogen and oxygen atoms in total. The molecule has 2 atom stereocenters. The fourth-order valence-electron chi connectivity index (χ4n) is 3.65. The van der Waals surface area contributed by atoms with Crippen LogP contribution >= 0.6 is 0 Å². The van der Waals surface area contributed by atoms with E-state index in [9.17, 15) is 18.3 Å². The van der Waals surface area contributed by atoms with Gasteiger partial charge in [-0.05, 0) is 56.6 Å². The first kappa shape index (κ1) is 21.3. The van der Waals surface area contributed by atoms with Crippen LogP contribution in [0, 0.1) is 0 Å². The van der Waals surface area contributed by atoms with Crippen LogP contribution in [0.4, 0.5) is 11.4 Å². The maximum atomic E-state index is 12.9. The molecule has 2 unspecified atom stereocenters. The minimum absolute atomic E-state index is 0.0213. The topological polar surface area (TPSA) is 90.0 Å². The van der Waals surface area contributed by atoms with Crippen LogP contribution in [0.5, 0.6) is 0 Å². The number of likely N-dealkylation sites (N-methyl/N-ethyl adjacent to an activating group) is 1. The van der Waals surface area contributed by atoms with Crippen LogP contribution in [-0.2, 0) is 14.8 Å². The minimum Gasteiger partial charge on any atom is -0.391 e. The van der Waals surface area contributed by atoms with Gasteiger partial charge in [0, 0.05) is 18.8 Å². The quantitative estimate of drug-likeness (QED) is 0.722. The van der Waals surface area contributed by atoms with Gasteiger partial charge >= 0.3 is 0 Å². The van der Waals surface area contributed by atoms with Crippen molar-refractivity contribution < 1.29 is 18.3 Å². The van der Waals surface area contributed by atoms with Crippen LogP contribution in [0.2, 0.25) is 0 Å². The van der Waals surface area contributed by atoms with Gasteiger partial charge < -0.3 is 10.4 Å². The SMILES string of the molecule is CN(CC(=O)Nc1cccc(S(=O)(=O)N(C)c2ccccc2)c1)C1CCCC1O. The van der Waals surface area contributed by atoms with Crippen LogP contribution in [0.15, 0.2) is 59.5 Å². The normalized spacial score (nSPS) is 19.3. The average Bonchev–Trinajstić information content (AvgIpc) is 3.14. The second-order valence-corrected chi connectivity index (χ2v) is 9.33. The molecule has 1 aliphatic rings. The fourth-order valence-corrected chi connectivity index (χ4v) is 4.89. The Morgan fingerprint density at radius 3 is 2.48 bits per heavy atom. The third-order valence-corrected chi connectivity index (χ3v) is 7.08. The first-order valence-corrected chi connectivity index (χ1v) is 11.1. The van der Waals surface area contributed by atoms with E-state index >= 15 is 0 Å². The summed E-state index contributed by atoms with van der Waals surface area (Å²) in [5.74, 6) is -0.252. The number of carbonyl (C=O) groups excluding carboxylic acids is 1. The molecule has 29 heavy (non-hydrogen) atoms. The summed E-state index contributed by atoms with van der Waals surface area (Å²) < 4.78 is 27.1. The summed E-state index contributed by atoms with van der Waals surface area (Å²) in [5.41, 5.74) is 0.969. The second kappa shape index (κ2) is 8.94. The highest BCUT2D eigenvalue weighted by molar-refractivity contribution is 7.92. The predicted octanol–water partition coefficient (Wildman–Crippen LogP) is 2.30. The lowest BCUT2D eigenvalue weighted by Crippen LogP contribution is -2.42. The molecule has 0 aromatic heterocycles. The van der Waals surface area contributed by atoms with Gasteiger partial charge in [0.25, 0.3) is 10.0 Å². The standard InChI is InChI=1S/C21H27N3O4S/c1-23(19-12-7-13-20(19)25)15-21(26)22-16-8-6-11-18(14-16)29(27,28)24(2)17-9-4-3-5-10-17/h3-6,8-11,14,19-20,25H,7,12-13,15H2,1-2H3,(H,22,26). The van der Waals surface area contributed by atoms with Crippen molar-refractivity contribution in [2.24, 2.45) is 0 Å². The van der Waals surface area contributed by atoms with Gasteiger partial charge in [0.15, 0.2) is 0 Å². The number of aliphatic hydroxyl groups is 1. The molecular formula is C21H27N3O4S. The number of para-hydroxylation sites is 1. The minimum atomic E-state index is -3.76. The van der Waals surface area contributed by atoms with Crippen LogP contribution in [0.25, 0.3) is 0 Å². The van der Waals surface area contributed by atoms with Crippen molar-refractivity contribution in [3.63, 3.8) is 0 Å². The molecule has 8 heteroatoms. The van der Waals surface area contributed by atoms with Crippen molar-refractivity contribution in [2.45, 2.75) is 36.3 Å². The lowest BCUT2D eigenvalue weighted by Gasteiger charge is -2.26. The molecule has 1 saturated carbocycles. The summed E-state index contributed by atoms with van der Waals surface area (Å²) in [6.07, 6.45) is 2.16. The highest BCUT2D eigenvalue weighted by atomic mass is 32.2. The Kier molecular flexibility index (Phi) is 6.56. The second-order valence-electron chi connectivity index (χ2n) is 7.36. The molecule has 0 aliphatic heterocycles. The molecule has 2 N–H and O–H groups in total. The molecule has 1 fully saturated rings. The third-order valence-electron chi connectivity index (χ3n) is 5.30. The van der Waals surface area contributed by atoms with E-state index in [4.69, 9.17) is 0 Å². The number of rotatable bonds is 7. The van der Waals surface area contributed by atoms with Crippen LogP contribution in [-0.4, -0.2) is 57.1 Å². The summed E-state index contributed by atoms with van der Waals surface area (Å²) in [7, 11) is -0.443. The van der Waals surface area contributed by atoms with Gasteiger partial charge in [0.2, 0.25) is 5.91 Å². The van der Waals surface area contributed by atoms with E-state index in [2.05, 4.69) is 5.32 Å². The largest absolute Gasteiger partial charge is 0.391 e. The molecule has 2 aromatic rings. The van der Waals surface area contributed by atoms with Crippen molar-refractivity contribution in [3.8, 4) is 0 Å². The van der Waals surface area contributed by atoms with E-state index in [1.54, 1.807) is 36.4 Å². The van der Waals surface area contributed by atoms with Crippen molar-refractivity contribution in [1.82, 2.24) is 4.90 Å². The maximum absolute atomic E-state index is 12.9. The monoisotopic (exact) mass is 417 g/mol. The van der Waals surface area contributed by atoms with Crippen molar-refractivity contribution in [2.75, 3.05) is 30.3 Å². The Hall–Kier alpha value is -2.42. The molecule has 0 radical (unpaired) electrons. The Balaban J connectivity index is 1.69. The van der Waals surface area contributed by atoms with Crippen molar-refractivity contribution in [1.29, 1.82) is 0 Å². The van der Waals surface area contributed by atoms with Crippen molar-refractivity contribution in [3.05, 3.63) is 54.6 Å². The van der Waals surface area contributed by atoms with Gasteiger partial charge in [-0.1, -0.05) is 24.3 Å². The molecule has 0 spiro atoms. The summed E-state index contributed by atoms with van der Waals surface area (Å²) >= 11 is 0. The lowest BCUT2D eigenvalue weighted by atomic mass is 10.2. The van der Waals surface area contributed by atoms with E-state index in [1.165, 1.54) is 23.5 Å². The number of carbonyl (C=O) groups is 1. The van der Waals surface area contributed by atoms with Gasteiger partial charge in [-0.3, -0.25) is 14.0 Å². The molecule has 2 aromatic carbocycles. The van der Waals surface area contributed by atoms with E-state index in [0.29, 0.717) is 11.4 Å². The molecule has 0 heterocycles. The number of aliphatic hydroxyl groups excluding tert-OH is 1. The van der Waals surface area contributed by atoms with Gasteiger partial charge in [-0.25, -0.2) is 8.42 Å². The van der Waals surface area contributed by atoms with Crippen LogP contribution < -0.4 is 9.62 Å². The van der Waals surface area contributed by atoms with E-state index in [1.807, 2.05) is 18.0 Å². The Labute approximate surface area is 172 Å².